The second-order valence-electron chi connectivity index (χ2n) is 4.24. The SMILES string of the molecule is CC1(C)C(=O)N(CCCCCN)S1(=O)=O. The van der Waals surface area contributed by atoms with E-state index in [0.717, 1.165) is 17.1 Å². The fraction of sp³-hybridized carbons (Fsp3) is 0.889. The van der Waals surface area contributed by atoms with Crippen molar-refractivity contribution in [1.29, 1.82) is 0 Å². The number of amides is 1. The number of hydrogen-bond acceptors (Lipinski definition) is 4. The van der Waals surface area contributed by atoms with Gasteiger partial charge in [-0.25, -0.2) is 12.7 Å². The molecular weight excluding hydrogens is 216 g/mol. The number of unbranched alkanes of at least 4 members (excludes halogenated alkanes) is 2. The minimum Gasteiger partial charge on any atom is -0.330 e. The maximum Gasteiger partial charge on any atom is 0.258 e. The number of rotatable bonds is 5. The smallest absolute Gasteiger partial charge is 0.258 e. The fourth-order valence-corrected chi connectivity index (χ4v) is 3.12. The second kappa shape index (κ2) is 4.09. The molecular formula is C9H18N2O3S. The molecule has 0 radical (unpaired) electrons. The molecule has 1 aliphatic rings. The van der Waals surface area contributed by atoms with Crippen molar-refractivity contribution < 1.29 is 13.2 Å². The molecule has 0 bridgehead atoms. The molecule has 1 saturated heterocycles. The first-order valence-corrected chi connectivity index (χ1v) is 6.56. The third kappa shape index (κ3) is 1.88. The topological polar surface area (TPSA) is 80.5 Å². The van der Waals surface area contributed by atoms with Crippen LogP contribution in [0, 0.1) is 0 Å². The van der Waals surface area contributed by atoms with Crippen molar-refractivity contribution in [2.75, 3.05) is 13.1 Å². The van der Waals surface area contributed by atoms with Crippen molar-refractivity contribution in [3.8, 4) is 0 Å². The van der Waals surface area contributed by atoms with Gasteiger partial charge in [-0.05, 0) is 33.2 Å². The van der Waals surface area contributed by atoms with E-state index in [-0.39, 0.29) is 5.91 Å². The number of nitrogens with two attached hydrogens (primary N) is 1. The predicted molar refractivity (Wildman–Crippen MR) is 57.6 cm³/mol. The van der Waals surface area contributed by atoms with Gasteiger partial charge in [0.2, 0.25) is 0 Å². The zero-order valence-electron chi connectivity index (χ0n) is 9.19. The Morgan fingerprint density at radius 2 is 1.87 bits per heavy atom. The Balaban J connectivity index is 2.49. The van der Waals surface area contributed by atoms with E-state index in [4.69, 9.17) is 5.73 Å². The van der Waals surface area contributed by atoms with E-state index in [2.05, 4.69) is 0 Å². The van der Waals surface area contributed by atoms with Crippen LogP contribution in [0.5, 0.6) is 0 Å². The third-order valence-corrected chi connectivity index (χ3v) is 5.13. The Morgan fingerprint density at radius 1 is 1.27 bits per heavy atom. The molecule has 0 spiro atoms. The summed E-state index contributed by atoms with van der Waals surface area (Å²) in [5.74, 6) is -0.296. The maximum atomic E-state index is 11.6. The van der Waals surface area contributed by atoms with Gasteiger partial charge in [-0.1, -0.05) is 6.42 Å². The average molecular weight is 234 g/mol. The first kappa shape index (κ1) is 12.4. The molecule has 0 aromatic heterocycles. The molecule has 1 amide bonds. The Bertz CT molecular complexity index is 348. The van der Waals surface area contributed by atoms with Crippen LogP contribution in [0.25, 0.3) is 0 Å². The van der Waals surface area contributed by atoms with Gasteiger partial charge < -0.3 is 5.73 Å². The van der Waals surface area contributed by atoms with Crippen molar-refractivity contribution in [1.82, 2.24) is 4.31 Å². The Hall–Kier alpha value is -0.620. The first-order chi connectivity index (χ1) is 6.85. The summed E-state index contributed by atoms with van der Waals surface area (Å²) in [5, 5.41) is 0. The standard InChI is InChI=1S/C9H18N2O3S/c1-9(2)8(12)11(15(9,13)14)7-5-3-4-6-10/h3-7,10H2,1-2H3. The fourth-order valence-electron chi connectivity index (χ4n) is 1.55. The van der Waals surface area contributed by atoms with E-state index in [1.54, 1.807) is 0 Å². The molecule has 1 heterocycles. The quantitative estimate of drug-likeness (QED) is 0.682. The first-order valence-electron chi connectivity index (χ1n) is 5.12. The monoisotopic (exact) mass is 234 g/mol. The zero-order valence-corrected chi connectivity index (χ0v) is 10.0. The van der Waals surface area contributed by atoms with Crippen LogP contribution in [-0.2, 0) is 14.8 Å². The van der Waals surface area contributed by atoms with Crippen LogP contribution in [0.15, 0.2) is 0 Å². The average Bonchev–Trinajstić information content (AvgIpc) is 2.16. The molecule has 0 unspecified atom stereocenters. The molecule has 0 aromatic carbocycles. The number of carbonyl (C=O) groups is 1. The highest BCUT2D eigenvalue weighted by molar-refractivity contribution is 7.94. The molecule has 88 valence electrons. The summed E-state index contributed by atoms with van der Waals surface area (Å²) in [6.07, 6.45) is 2.42. The van der Waals surface area contributed by atoms with Gasteiger partial charge in [0.25, 0.3) is 15.9 Å². The lowest BCUT2D eigenvalue weighted by Crippen LogP contribution is -2.67. The van der Waals surface area contributed by atoms with E-state index < -0.39 is 14.8 Å². The van der Waals surface area contributed by atoms with E-state index >= 15 is 0 Å². The Morgan fingerprint density at radius 3 is 2.33 bits per heavy atom. The van der Waals surface area contributed by atoms with Crippen LogP contribution in [0.2, 0.25) is 0 Å². The van der Waals surface area contributed by atoms with Crippen LogP contribution in [0.1, 0.15) is 33.1 Å². The molecule has 15 heavy (non-hydrogen) atoms. The molecule has 6 heteroatoms. The number of carbonyl (C=O) groups excluding carboxylic acids is 1. The van der Waals surface area contributed by atoms with E-state index in [1.807, 2.05) is 0 Å². The lowest BCUT2D eigenvalue weighted by Gasteiger charge is -2.43. The summed E-state index contributed by atoms with van der Waals surface area (Å²) in [6, 6.07) is 0. The third-order valence-electron chi connectivity index (χ3n) is 2.74. The number of hydrogen-bond donors (Lipinski definition) is 1. The van der Waals surface area contributed by atoms with Crippen molar-refractivity contribution in [2.24, 2.45) is 5.73 Å². The molecule has 5 nitrogen and oxygen atoms in total. The van der Waals surface area contributed by atoms with Crippen molar-refractivity contribution in [2.45, 2.75) is 37.9 Å². The van der Waals surface area contributed by atoms with E-state index in [0.29, 0.717) is 19.5 Å². The molecule has 0 atom stereocenters. The minimum absolute atomic E-state index is 0.296. The van der Waals surface area contributed by atoms with Crippen molar-refractivity contribution in [3.05, 3.63) is 0 Å². The lowest BCUT2D eigenvalue weighted by atomic mass is 10.1. The summed E-state index contributed by atoms with van der Waals surface area (Å²) in [6.45, 7) is 3.79. The van der Waals surface area contributed by atoms with Gasteiger partial charge in [-0.2, -0.15) is 0 Å². The summed E-state index contributed by atoms with van der Waals surface area (Å²) >= 11 is 0. The van der Waals surface area contributed by atoms with Gasteiger partial charge >= 0.3 is 0 Å². The van der Waals surface area contributed by atoms with Crippen LogP contribution in [-0.4, -0.2) is 36.5 Å². The normalized spacial score (nSPS) is 22.6. The van der Waals surface area contributed by atoms with Gasteiger partial charge in [0, 0.05) is 6.54 Å². The molecule has 1 rings (SSSR count). The Labute approximate surface area is 90.7 Å². The molecule has 0 aliphatic carbocycles. The van der Waals surface area contributed by atoms with Gasteiger partial charge in [-0.3, -0.25) is 4.79 Å². The highest BCUT2D eigenvalue weighted by atomic mass is 32.2. The van der Waals surface area contributed by atoms with Crippen LogP contribution in [0.3, 0.4) is 0 Å². The highest BCUT2D eigenvalue weighted by Gasteiger charge is 2.59. The van der Waals surface area contributed by atoms with Gasteiger partial charge in [-0.15, -0.1) is 0 Å². The summed E-state index contributed by atoms with van der Waals surface area (Å²) in [5.41, 5.74) is 5.32. The second-order valence-corrected chi connectivity index (χ2v) is 6.65. The summed E-state index contributed by atoms with van der Waals surface area (Å²) in [7, 11) is -3.38. The summed E-state index contributed by atoms with van der Waals surface area (Å²) in [4.78, 5) is 11.5. The Kier molecular flexibility index (Phi) is 3.40. The van der Waals surface area contributed by atoms with Crippen molar-refractivity contribution >= 4 is 15.9 Å². The number of sulfonamides is 1. The maximum absolute atomic E-state index is 11.6. The molecule has 2 N–H and O–H groups in total. The highest BCUT2D eigenvalue weighted by Crippen LogP contribution is 2.34. The van der Waals surface area contributed by atoms with Gasteiger partial charge in [0.05, 0.1) is 0 Å². The van der Waals surface area contributed by atoms with Gasteiger partial charge in [0.1, 0.15) is 0 Å². The van der Waals surface area contributed by atoms with Crippen LogP contribution < -0.4 is 5.73 Å². The van der Waals surface area contributed by atoms with Crippen LogP contribution in [0.4, 0.5) is 0 Å². The molecule has 1 aliphatic heterocycles. The van der Waals surface area contributed by atoms with E-state index in [1.165, 1.54) is 13.8 Å². The summed E-state index contributed by atoms with van der Waals surface area (Å²) < 4.78 is 23.0. The largest absolute Gasteiger partial charge is 0.330 e. The molecule has 0 saturated carbocycles. The van der Waals surface area contributed by atoms with Gasteiger partial charge in [0.15, 0.2) is 4.75 Å². The molecule has 0 aromatic rings. The lowest BCUT2D eigenvalue weighted by molar-refractivity contribution is -0.132. The van der Waals surface area contributed by atoms with E-state index in [9.17, 15) is 13.2 Å². The zero-order chi connectivity index (χ0) is 11.7. The predicted octanol–water partition coefficient (Wildman–Crippen LogP) is 0.0660. The molecule has 1 fully saturated rings. The van der Waals surface area contributed by atoms with Crippen molar-refractivity contribution in [3.63, 3.8) is 0 Å². The van der Waals surface area contributed by atoms with Crippen LogP contribution >= 0.6 is 0 Å². The minimum atomic E-state index is -3.38. The number of nitrogens with zero attached hydrogens (tertiary/aromatic N) is 1.